The lowest BCUT2D eigenvalue weighted by Crippen LogP contribution is -2.17. The number of phenols is 1. The Balaban J connectivity index is 1.37. The van der Waals surface area contributed by atoms with E-state index in [4.69, 9.17) is 9.97 Å². The van der Waals surface area contributed by atoms with Gasteiger partial charge in [0, 0.05) is 44.9 Å². The van der Waals surface area contributed by atoms with Crippen molar-refractivity contribution in [2.75, 3.05) is 0 Å². The third kappa shape index (κ3) is 6.87. The Morgan fingerprint density at radius 1 is 0.531 bits per heavy atom. The fraction of sp³-hybridized carbons (Fsp3) is 0.186. The highest BCUT2D eigenvalue weighted by Crippen LogP contribution is 2.48. The standard InChI is InChI=1S/C59H54N4O/c1-37(2)42-26-19-28-44(38-21-11-9-12-22-38)55(42)63-51-31-20-27-43(54(51)61-57(63)47-35-40(58(3,4)5)36-48(56(47)64)59(6,7)8)39-33-46(49-29-17-18-32-60-49)53-45-25-15-16-30-50(45)62(52(53)34-39)41-23-13-10-14-24-41/h9-37,64H,1-8H3. The zero-order chi connectivity index (χ0) is 44.5. The Kier molecular flexibility index (Phi) is 9.90. The predicted molar refractivity (Wildman–Crippen MR) is 268 cm³/mol. The summed E-state index contributed by atoms with van der Waals surface area (Å²) >= 11 is 0. The molecule has 0 spiro atoms. The van der Waals surface area contributed by atoms with Gasteiger partial charge in [-0.2, -0.15) is 0 Å². The van der Waals surface area contributed by atoms with Gasteiger partial charge >= 0.3 is 0 Å². The molecule has 0 aliphatic carbocycles. The van der Waals surface area contributed by atoms with Crippen molar-refractivity contribution in [1.82, 2.24) is 19.1 Å². The summed E-state index contributed by atoms with van der Waals surface area (Å²) in [4.78, 5) is 10.7. The topological polar surface area (TPSA) is 55.9 Å². The molecule has 0 bridgehead atoms. The normalized spacial score (nSPS) is 12.3. The molecule has 0 radical (unpaired) electrons. The van der Waals surface area contributed by atoms with E-state index in [1.54, 1.807) is 0 Å². The van der Waals surface area contributed by atoms with Gasteiger partial charge in [0.15, 0.2) is 0 Å². The molecule has 0 aliphatic rings. The number of pyridine rings is 1. The van der Waals surface area contributed by atoms with Gasteiger partial charge in [-0.3, -0.25) is 9.55 Å². The van der Waals surface area contributed by atoms with Crippen LogP contribution in [0.15, 0.2) is 170 Å². The van der Waals surface area contributed by atoms with Gasteiger partial charge in [-0.25, -0.2) is 4.98 Å². The van der Waals surface area contributed by atoms with E-state index in [1.165, 1.54) is 10.9 Å². The number of fused-ring (bicyclic) bond motifs is 4. The number of hydrogen-bond acceptors (Lipinski definition) is 3. The molecule has 0 fully saturated rings. The number of rotatable bonds is 7. The first kappa shape index (κ1) is 40.8. The molecule has 0 atom stereocenters. The van der Waals surface area contributed by atoms with Crippen LogP contribution in [0, 0.1) is 0 Å². The monoisotopic (exact) mass is 834 g/mol. The maximum atomic E-state index is 12.6. The minimum Gasteiger partial charge on any atom is -0.507 e. The first-order valence-electron chi connectivity index (χ1n) is 22.4. The fourth-order valence-electron chi connectivity index (χ4n) is 9.51. The molecular weight excluding hydrogens is 781 g/mol. The van der Waals surface area contributed by atoms with Crippen molar-refractivity contribution in [3.8, 4) is 62.0 Å². The molecular formula is C59H54N4O. The van der Waals surface area contributed by atoms with E-state index in [2.05, 4.69) is 222 Å². The van der Waals surface area contributed by atoms with Crippen molar-refractivity contribution >= 4 is 32.8 Å². The SMILES string of the molecule is CC(C)c1cccc(-c2ccccc2)c1-n1c(-c2cc(C(C)(C)C)cc(C(C)(C)C)c2O)nc2c(-c3cc(-c4ccccn4)c4c5ccccc5n(-c5ccccc5)c4c3)cccc21. The van der Waals surface area contributed by atoms with Crippen molar-refractivity contribution in [1.29, 1.82) is 0 Å². The minimum atomic E-state index is -0.332. The van der Waals surface area contributed by atoms with Crippen molar-refractivity contribution in [2.24, 2.45) is 0 Å². The molecule has 1 N–H and O–H groups in total. The van der Waals surface area contributed by atoms with Crippen LogP contribution < -0.4 is 0 Å². The summed E-state index contributed by atoms with van der Waals surface area (Å²) in [7, 11) is 0. The third-order valence-electron chi connectivity index (χ3n) is 12.7. The number of imidazole rings is 1. The summed E-state index contributed by atoms with van der Waals surface area (Å²) in [5.41, 5.74) is 15.8. The van der Waals surface area contributed by atoms with Gasteiger partial charge in [0.1, 0.15) is 11.6 Å². The van der Waals surface area contributed by atoms with Gasteiger partial charge in [-0.1, -0.05) is 165 Å². The molecule has 10 rings (SSSR count). The maximum absolute atomic E-state index is 12.6. The van der Waals surface area contributed by atoms with Crippen molar-refractivity contribution in [3.05, 3.63) is 187 Å². The molecule has 7 aromatic carbocycles. The van der Waals surface area contributed by atoms with E-state index in [0.717, 1.165) is 83.5 Å². The summed E-state index contributed by atoms with van der Waals surface area (Å²) in [6, 6.07) is 58.2. The Hall–Kier alpha value is -7.24. The third-order valence-corrected chi connectivity index (χ3v) is 12.7. The van der Waals surface area contributed by atoms with Crippen molar-refractivity contribution in [3.63, 3.8) is 0 Å². The molecule has 0 saturated heterocycles. The minimum absolute atomic E-state index is 0.190. The molecule has 5 nitrogen and oxygen atoms in total. The second-order valence-electron chi connectivity index (χ2n) is 19.4. The molecule has 0 amide bonds. The number of phenolic OH excluding ortho intramolecular Hbond substituents is 1. The van der Waals surface area contributed by atoms with Crippen LogP contribution in [0.5, 0.6) is 5.75 Å². The van der Waals surface area contributed by atoms with Crippen LogP contribution >= 0.6 is 0 Å². The molecule has 316 valence electrons. The summed E-state index contributed by atoms with van der Waals surface area (Å²) in [5, 5.41) is 15.0. The molecule has 5 heteroatoms. The first-order valence-corrected chi connectivity index (χ1v) is 22.4. The van der Waals surface area contributed by atoms with Gasteiger partial charge in [-0.05, 0) is 93.6 Å². The highest BCUT2D eigenvalue weighted by molar-refractivity contribution is 6.17. The number of aromatic nitrogens is 4. The molecule has 3 heterocycles. The molecule has 64 heavy (non-hydrogen) atoms. The lowest BCUT2D eigenvalue weighted by molar-refractivity contribution is 0.446. The second kappa shape index (κ2) is 15.5. The van der Waals surface area contributed by atoms with E-state index < -0.39 is 0 Å². The summed E-state index contributed by atoms with van der Waals surface area (Å²) < 4.78 is 4.71. The Morgan fingerprint density at radius 2 is 1.20 bits per heavy atom. The second-order valence-corrected chi connectivity index (χ2v) is 19.4. The Morgan fingerprint density at radius 3 is 1.91 bits per heavy atom. The van der Waals surface area contributed by atoms with Crippen LogP contribution in [0.4, 0.5) is 0 Å². The quantitative estimate of drug-likeness (QED) is 0.174. The molecule has 0 unspecified atom stereocenters. The summed E-state index contributed by atoms with van der Waals surface area (Å²) in [5.74, 6) is 1.15. The molecule has 0 aliphatic heterocycles. The smallest absolute Gasteiger partial charge is 0.149 e. The van der Waals surface area contributed by atoms with Gasteiger partial charge in [-0.15, -0.1) is 0 Å². The van der Waals surface area contributed by atoms with Crippen LogP contribution in [0.2, 0.25) is 0 Å². The number of para-hydroxylation sites is 4. The van der Waals surface area contributed by atoms with Crippen molar-refractivity contribution in [2.45, 2.75) is 72.1 Å². The van der Waals surface area contributed by atoms with Crippen LogP contribution in [-0.4, -0.2) is 24.2 Å². The van der Waals surface area contributed by atoms with E-state index in [-0.39, 0.29) is 22.5 Å². The maximum Gasteiger partial charge on any atom is 0.149 e. The van der Waals surface area contributed by atoms with Gasteiger partial charge < -0.3 is 9.67 Å². The van der Waals surface area contributed by atoms with Crippen LogP contribution in [0.25, 0.3) is 89.1 Å². The van der Waals surface area contributed by atoms with Crippen LogP contribution in [0.1, 0.15) is 78.0 Å². The highest BCUT2D eigenvalue weighted by atomic mass is 16.3. The number of aromatic hydroxyl groups is 1. The number of benzene rings is 7. The van der Waals surface area contributed by atoms with E-state index in [0.29, 0.717) is 11.4 Å². The number of nitrogens with zero attached hydrogens (tertiary/aromatic N) is 4. The lowest BCUT2D eigenvalue weighted by atomic mass is 9.79. The van der Waals surface area contributed by atoms with Gasteiger partial charge in [0.2, 0.25) is 0 Å². The fourth-order valence-corrected chi connectivity index (χ4v) is 9.51. The summed E-state index contributed by atoms with van der Waals surface area (Å²) in [6.07, 6.45) is 1.87. The molecule has 10 aromatic rings. The molecule has 3 aromatic heterocycles. The average molecular weight is 835 g/mol. The van der Waals surface area contributed by atoms with Crippen LogP contribution in [0.3, 0.4) is 0 Å². The van der Waals surface area contributed by atoms with Crippen LogP contribution in [-0.2, 0) is 10.8 Å². The average Bonchev–Trinajstić information content (AvgIpc) is 3.85. The largest absolute Gasteiger partial charge is 0.507 e. The molecule has 0 saturated carbocycles. The first-order chi connectivity index (χ1) is 30.8. The van der Waals surface area contributed by atoms with E-state index in [1.807, 2.05) is 12.3 Å². The zero-order valence-electron chi connectivity index (χ0n) is 38.0. The van der Waals surface area contributed by atoms with Crippen molar-refractivity contribution < 1.29 is 5.11 Å². The number of hydrogen-bond donors (Lipinski definition) is 1. The van der Waals surface area contributed by atoms with Gasteiger partial charge in [0.05, 0.1) is 39.0 Å². The zero-order valence-corrected chi connectivity index (χ0v) is 38.0. The van der Waals surface area contributed by atoms with E-state index >= 15 is 0 Å². The predicted octanol–water partition coefficient (Wildman–Crippen LogP) is 15.6. The Bertz CT molecular complexity index is 3360. The van der Waals surface area contributed by atoms with E-state index in [9.17, 15) is 5.11 Å². The van der Waals surface area contributed by atoms with Gasteiger partial charge in [0.25, 0.3) is 0 Å². The Labute approximate surface area is 376 Å². The summed E-state index contributed by atoms with van der Waals surface area (Å²) in [6.45, 7) is 17.7. The highest BCUT2D eigenvalue weighted by Gasteiger charge is 2.30. The lowest BCUT2D eigenvalue weighted by Gasteiger charge is -2.28.